The highest BCUT2D eigenvalue weighted by Crippen LogP contribution is 2.12. The number of hydrogen-bond donors (Lipinski definition) is 3. The fraction of sp³-hybridized carbons (Fsp3) is 0.385. The van der Waals surface area contributed by atoms with Crippen LogP contribution < -0.4 is 15.4 Å². The molecule has 0 fully saturated rings. The fourth-order valence-electron chi connectivity index (χ4n) is 1.38. The van der Waals surface area contributed by atoms with Crippen molar-refractivity contribution in [2.24, 2.45) is 0 Å². The molecule has 3 N–H and O–H groups in total. The monoisotopic (exact) mass is 282 g/mol. The quantitative estimate of drug-likeness (QED) is 0.610. The van der Waals surface area contributed by atoms with Crippen molar-refractivity contribution in [1.82, 2.24) is 10.6 Å². The lowest BCUT2D eigenvalue weighted by atomic mass is 10.2. The summed E-state index contributed by atoms with van der Waals surface area (Å²) < 4.78 is 10.1. The topological polar surface area (TPSA) is 96.9 Å². The SMILES string of the molecule is COCCNC(=O)NCCOc1cccc(C(=O)O)c1. The lowest BCUT2D eigenvalue weighted by Crippen LogP contribution is -2.39. The minimum absolute atomic E-state index is 0.160. The molecule has 0 saturated carbocycles. The summed E-state index contributed by atoms with van der Waals surface area (Å²) in [5, 5.41) is 14.0. The Kier molecular flexibility index (Phi) is 6.91. The summed E-state index contributed by atoms with van der Waals surface area (Å²) in [6, 6.07) is 5.87. The lowest BCUT2D eigenvalue weighted by molar-refractivity contribution is 0.0696. The number of carbonyl (C=O) groups is 2. The third-order valence-electron chi connectivity index (χ3n) is 2.33. The second-order valence-corrected chi connectivity index (χ2v) is 3.86. The van der Waals surface area contributed by atoms with Gasteiger partial charge in [-0.3, -0.25) is 0 Å². The van der Waals surface area contributed by atoms with Gasteiger partial charge in [0.05, 0.1) is 18.7 Å². The zero-order valence-corrected chi connectivity index (χ0v) is 11.2. The van der Waals surface area contributed by atoms with Gasteiger partial charge >= 0.3 is 12.0 Å². The van der Waals surface area contributed by atoms with Crippen molar-refractivity contribution in [2.75, 3.05) is 33.4 Å². The maximum Gasteiger partial charge on any atom is 0.335 e. The van der Waals surface area contributed by atoms with Crippen LogP contribution in [-0.4, -0.2) is 50.5 Å². The molecule has 7 heteroatoms. The molecule has 1 aromatic rings. The van der Waals surface area contributed by atoms with Crippen molar-refractivity contribution in [2.45, 2.75) is 0 Å². The number of hydrogen-bond acceptors (Lipinski definition) is 4. The van der Waals surface area contributed by atoms with Crippen LogP contribution in [0, 0.1) is 0 Å². The van der Waals surface area contributed by atoms with Crippen LogP contribution >= 0.6 is 0 Å². The van der Waals surface area contributed by atoms with E-state index in [1.807, 2.05) is 0 Å². The van der Waals surface area contributed by atoms with Gasteiger partial charge in [0.2, 0.25) is 0 Å². The van der Waals surface area contributed by atoms with Crippen molar-refractivity contribution < 1.29 is 24.2 Å². The first kappa shape index (κ1) is 15.8. The van der Waals surface area contributed by atoms with Crippen LogP contribution in [0.3, 0.4) is 0 Å². The number of methoxy groups -OCH3 is 1. The predicted molar refractivity (Wildman–Crippen MR) is 72.2 cm³/mol. The predicted octanol–water partition coefficient (Wildman–Crippen LogP) is 0.709. The minimum Gasteiger partial charge on any atom is -0.492 e. The van der Waals surface area contributed by atoms with Crippen molar-refractivity contribution >= 4 is 12.0 Å². The Morgan fingerprint density at radius 2 is 1.90 bits per heavy atom. The molecule has 2 amide bonds. The normalized spacial score (nSPS) is 9.85. The minimum atomic E-state index is -1.01. The standard InChI is InChI=1S/C13H18N2O5/c1-19-7-5-14-13(18)15-6-8-20-11-4-2-3-10(9-11)12(16)17/h2-4,9H,5-8H2,1H3,(H,16,17)(H2,14,15,18). The van der Waals surface area contributed by atoms with Gasteiger partial charge in [-0.25, -0.2) is 9.59 Å². The van der Waals surface area contributed by atoms with Crippen LogP contribution in [0.4, 0.5) is 4.79 Å². The largest absolute Gasteiger partial charge is 0.492 e. The van der Waals surface area contributed by atoms with E-state index in [2.05, 4.69) is 10.6 Å². The van der Waals surface area contributed by atoms with Gasteiger partial charge in [0.1, 0.15) is 12.4 Å². The zero-order valence-electron chi connectivity index (χ0n) is 11.2. The number of rotatable bonds is 8. The molecule has 0 aliphatic rings. The summed E-state index contributed by atoms with van der Waals surface area (Å²) in [5.74, 6) is -0.558. The Balaban J connectivity index is 2.22. The molecule has 1 rings (SSSR count). The van der Waals surface area contributed by atoms with E-state index in [0.29, 0.717) is 25.4 Å². The number of urea groups is 1. The molecule has 7 nitrogen and oxygen atoms in total. The number of nitrogens with one attached hydrogen (secondary N) is 2. The Morgan fingerprint density at radius 3 is 2.55 bits per heavy atom. The van der Waals surface area contributed by atoms with Crippen LogP contribution in [0.5, 0.6) is 5.75 Å². The van der Waals surface area contributed by atoms with E-state index in [1.165, 1.54) is 12.1 Å². The van der Waals surface area contributed by atoms with E-state index in [-0.39, 0.29) is 18.2 Å². The summed E-state index contributed by atoms with van der Waals surface area (Å²) in [6.07, 6.45) is 0. The van der Waals surface area contributed by atoms with Crippen molar-refractivity contribution in [3.8, 4) is 5.75 Å². The molecular formula is C13H18N2O5. The molecule has 0 atom stereocenters. The number of benzene rings is 1. The van der Waals surface area contributed by atoms with Gasteiger partial charge < -0.3 is 25.2 Å². The van der Waals surface area contributed by atoms with E-state index in [9.17, 15) is 9.59 Å². The number of carbonyl (C=O) groups excluding carboxylic acids is 1. The highest BCUT2D eigenvalue weighted by atomic mass is 16.5. The number of amides is 2. The maximum atomic E-state index is 11.3. The second-order valence-electron chi connectivity index (χ2n) is 3.86. The molecule has 0 aliphatic heterocycles. The van der Waals surface area contributed by atoms with Crippen molar-refractivity contribution in [3.63, 3.8) is 0 Å². The van der Waals surface area contributed by atoms with Gasteiger partial charge in [0.15, 0.2) is 0 Å². The van der Waals surface area contributed by atoms with E-state index < -0.39 is 5.97 Å². The van der Waals surface area contributed by atoms with Gasteiger partial charge in [-0.2, -0.15) is 0 Å². The number of carboxylic acids is 1. The van der Waals surface area contributed by atoms with E-state index >= 15 is 0 Å². The molecule has 20 heavy (non-hydrogen) atoms. The molecule has 1 aromatic carbocycles. The Morgan fingerprint density at radius 1 is 1.20 bits per heavy atom. The molecule has 0 bridgehead atoms. The summed E-state index contributed by atoms with van der Waals surface area (Å²) in [5.41, 5.74) is 0.160. The van der Waals surface area contributed by atoms with Gasteiger partial charge in [-0.1, -0.05) is 6.07 Å². The van der Waals surface area contributed by atoms with E-state index in [0.717, 1.165) is 0 Å². The molecule has 110 valence electrons. The summed E-state index contributed by atoms with van der Waals surface area (Å²) in [7, 11) is 1.55. The Labute approximate surface area is 116 Å². The first-order valence-electron chi connectivity index (χ1n) is 6.10. The Hall–Kier alpha value is -2.28. The van der Waals surface area contributed by atoms with Gasteiger partial charge in [0, 0.05) is 13.7 Å². The van der Waals surface area contributed by atoms with Gasteiger partial charge in [0.25, 0.3) is 0 Å². The smallest absolute Gasteiger partial charge is 0.335 e. The molecule has 0 aromatic heterocycles. The first-order chi connectivity index (χ1) is 9.63. The zero-order chi connectivity index (χ0) is 14.8. The highest BCUT2D eigenvalue weighted by molar-refractivity contribution is 5.88. The molecule has 0 radical (unpaired) electrons. The Bertz CT molecular complexity index is 450. The van der Waals surface area contributed by atoms with E-state index in [1.54, 1.807) is 19.2 Å². The average molecular weight is 282 g/mol. The number of ether oxygens (including phenoxy) is 2. The summed E-state index contributed by atoms with van der Waals surface area (Å²) >= 11 is 0. The maximum absolute atomic E-state index is 11.3. The third kappa shape index (κ3) is 6.05. The molecule has 0 heterocycles. The molecule has 0 unspecified atom stereocenters. The number of carboxylic acid groups (broad SMARTS) is 1. The average Bonchev–Trinajstić information content (AvgIpc) is 2.44. The summed E-state index contributed by atoms with van der Waals surface area (Å²) in [4.78, 5) is 22.0. The van der Waals surface area contributed by atoms with Crippen LogP contribution in [-0.2, 0) is 4.74 Å². The van der Waals surface area contributed by atoms with Gasteiger partial charge in [-0.15, -0.1) is 0 Å². The van der Waals surface area contributed by atoms with Crippen LogP contribution in [0.25, 0.3) is 0 Å². The highest BCUT2D eigenvalue weighted by Gasteiger charge is 2.04. The molecule has 0 aliphatic carbocycles. The second kappa shape index (κ2) is 8.76. The van der Waals surface area contributed by atoms with Crippen LogP contribution in [0.1, 0.15) is 10.4 Å². The van der Waals surface area contributed by atoms with Crippen molar-refractivity contribution in [1.29, 1.82) is 0 Å². The van der Waals surface area contributed by atoms with Crippen LogP contribution in [0.15, 0.2) is 24.3 Å². The summed E-state index contributed by atoms with van der Waals surface area (Å²) in [6.45, 7) is 1.45. The number of aromatic carboxylic acids is 1. The van der Waals surface area contributed by atoms with Crippen LogP contribution in [0.2, 0.25) is 0 Å². The van der Waals surface area contributed by atoms with Crippen molar-refractivity contribution in [3.05, 3.63) is 29.8 Å². The fourth-order valence-corrected chi connectivity index (χ4v) is 1.38. The molecule has 0 spiro atoms. The lowest BCUT2D eigenvalue weighted by Gasteiger charge is -2.09. The first-order valence-corrected chi connectivity index (χ1v) is 6.10. The molecule has 0 saturated heterocycles. The van der Waals surface area contributed by atoms with E-state index in [4.69, 9.17) is 14.6 Å². The van der Waals surface area contributed by atoms with Gasteiger partial charge in [-0.05, 0) is 18.2 Å². The third-order valence-corrected chi connectivity index (χ3v) is 2.33. The molecular weight excluding hydrogens is 264 g/mol.